The van der Waals surface area contributed by atoms with E-state index >= 15 is 0 Å². The summed E-state index contributed by atoms with van der Waals surface area (Å²) < 4.78 is 0. The molecule has 0 spiro atoms. The molecule has 0 atom stereocenters. The Kier molecular flexibility index (Phi) is 13.1. The molecule has 1 N–H and O–H groups in total. The lowest BCUT2D eigenvalue weighted by Gasteiger charge is -1.56. The number of hydrogen-bond acceptors (Lipinski definition) is 2. The fraction of sp³-hybridized carbons (Fsp3) is 1.00. The van der Waals surface area contributed by atoms with Crippen molar-refractivity contribution in [2.45, 2.75) is 0 Å². The first-order chi connectivity index (χ1) is 3.15. The molecule has 0 aliphatic heterocycles. The highest BCUT2D eigenvalue weighted by Gasteiger charge is 1.65. The van der Waals surface area contributed by atoms with Gasteiger partial charge in [-0.15, -0.1) is 33.3 Å². The standard InChI is InChI=1S/CH2Cl2.HNO3/c2-1-3;2-1(3)4/h1H2;(H,2,3,4). The highest BCUT2D eigenvalue weighted by Crippen LogP contribution is 1.73. The van der Waals surface area contributed by atoms with Crippen LogP contribution in [0.4, 0.5) is 0 Å². The van der Waals surface area contributed by atoms with Crippen LogP contribution in [0.5, 0.6) is 0 Å². The maximum atomic E-state index is 8.36. The molecular formula is CH3Cl2NO3. The molecule has 7 heavy (non-hydrogen) atoms. The molecule has 0 aromatic carbocycles. The van der Waals surface area contributed by atoms with Crippen LogP contribution in [0, 0.1) is 10.1 Å². The van der Waals surface area contributed by atoms with E-state index in [0.29, 0.717) is 0 Å². The molecule has 0 saturated heterocycles. The van der Waals surface area contributed by atoms with Gasteiger partial charge in [0.15, 0.2) is 0 Å². The summed E-state index contributed by atoms with van der Waals surface area (Å²) in [5.41, 5.74) is 0. The minimum Gasteiger partial charge on any atom is -0.328 e. The molecule has 44 valence electrons. The summed E-state index contributed by atoms with van der Waals surface area (Å²) in [4.78, 5) is 8.36. The Bertz CT molecular complexity index is 44.2. The number of hydrogen-bond donors (Lipinski definition) is 1. The quantitative estimate of drug-likeness (QED) is 0.317. The molecule has 0 heterocycles. The largest absolute Gasteiger partial charge is 0.328 e. The Hall–Kier alpha value is -0.220. The van der Waals surface area contributed by atoms with E-state index in [9.17, 15) is 0 Å². The van der Waals surface area contributed by atoms with Crippen LogP contribution < -0.4 is 0 Å². The molecule has 4 nitrogen and oxygen atoms in total. The van der Waals surface area contributed by atoms with E-state index in [1.54, 1.807) is 0 Å². The molecule has 0 aromatic heterocycles. The fourth-order valence-electron chi connectivity index (χ4n) is 0. The van der Waals surface area contributed by atoms with E-state index in [1.165, 1.54) is 0 Å². The lowest BCUT2D eigenvalue weighted by atomic mass is 11.9. The Balaban J connectivity index is 0. The van der Waals surface area contributed by atoms with Crippen molar-refractivity contribution in [1.29, 1.82) is 0 Å². The van der Waals surface area contributed by atoms with Crippen molar-refractivity contribution in [2.75, 3.05) is 5.34 Å². The van der Waals surface area contributed by atoms with Gasteiger partial charge in [-0.1, -0.05) is 0 Å². The van der Waals surface area contributed by atoms with Gasteiger partial charge in [0, 0.05) is 0 Å². The Morgan fingerprint density at radius 3 is 1.71 bits per heavy atom. The van der Waals surface area contributed by atoms with E-state index in [2.05, 4.69) is 0 Å². The van der Waals surface area contributed by atoms with Crippen LogP contribution in [0.25, 0.3) is 0 Å². The lowest BCUT2D eigenvalue weighted by Crippen LogP contribution is -1.81. The van der Waals surface area contributed by atoms with Gasteiger partial charge in [-0.25, -0.2) is 0 Å². The van der Waals surface area contributed by atoms with Crippen LogP contribution in [0.15, 0.2) is 0 Å². The minimum absolute atomic E-state index is 0.194. The van der Waals surface area contributed by atoms with Gasteiger partial charge in [0.25, 0.3) is 5.09 Å². The predicted octanol–water partition coefficient (Wildman–Crippen LogP) is 1.07. The van der Waals surface area contributed by atoms with Gasteiger partial charge in [0.1, 0.15) is 0 Å². The number of rotatable bonds is 0. The average Bonchev–Trinajstić information content (AvgIpc) is 1.33. The molecule has 0 rings (SSSR count). The Morgan fingerprint density at radius 1 is 1.71 bits per heavy atom. The zero-order valence-corrected chi connectivity index (χ0v) is 4.69. The van der Waals surface area contributed by atoms with Crippen LogP contribution in [0.3, 0.4) is 0 Å². The second-order valence-corrected chi connectivity index (χ2v) is 1.15. The molecule has 0 radical (unpaired) electrons. The third kappa shape index (κ3) is 1710. The number of halogens is 2. The monoisotopic (exact) mass is 147 g/mol. The molecule has 0 amide bonds. The van der Waals surface area contributed by atoms with Crippen molar-refractivity contribution < 1.29 is 10.3 Å². The van der Waals surface area contributed by atoms with Gasteiger partial charge < -0.3 is 5.21 Å². The fourth-order valence-corrected chi connectivity index (χ4v) is 0. The SMILES string of the molecule is ClCCl.O=[N+]([O-])O. The van der Waals surface area contributed by atoms with Gasteiger partial charge >= 0.3 is 0 Å². The van der Waals surface area contributed by atoms with Crippen molar-refractivity contribution in [3.05, 3.63) is 10.1 Å². The van der Waals surface area contributed by atoms with Crippen molar-refractivity contribution >= 4 is 23.2 Å². The maximum Gasteiger partial charge on any atom is 0.291 e. The first-order valence-corrected chi connectivity index (χ1v) is 2.17. The van der Waals surface area contributed by atoms with Crippen molar-refractivity contribution in [3.63, 3.8) is 0 Å². The predicted molar refractivity (Wildman–Crippen MR) is 25.4 cm³/mol. The number of alkyl halides is 2. The summed E-state index contributed by atoms with van der Waals surface area (Å²) in [7, 11) is 0. The Labute approximate surface area is 49.8 Å². The van der Waals surface area contributed by atoms with Crippen molar-refractivity contribution in [3.8, 4) is 0 Å². The second-order valence-electron chi connectivity index (χ2n) is 0.339. The molecule has 6 heteroatoms. The van der Waals surface area contributed by atoms with Gasteiger partial charge in [-0.05, 0) is 0 Å². The molecule has 0 saturated carbocycles. The molecule has 0 bridgehead atoms. The summed E-state index contributed by atoms with van der Waals surface area (Å²) >= 11 is 9.53. The summed E-state index contributed by atoms with van der Waals surface area (Å²) in [6, 6.07) is 0. The van der Waals surface area contributed by atoms with Crippen molar-refractivity contribution in [1.82, 2.24) is 0 Å². The summed E-state index contributed by atoms with van der Waals surface area (Å²) in [6.45, 7) is 0. The van der Waals surface area contributed by atoms with Crippen LogP contribution >= 0.6 is 23.2 Å². The van der Waals surface area contributed by atoms with E-state index in [-0.39, 0.29) is 5.34 Å². The van der Waals surface area contributed by atoms with Gasteiger partial charge in [-0.2, -0.15) is 0 Å². The summed E-state index contributed by atoms with van der Waals surface area (Å²) in [5.74, 6) is 0. The zero-order chi connectivity index (χ0) is 6.28. The molecule has 0 fully saturated rings. The first kappa shape index (κ1) is 9.91. The number of nitrogens with zero attached hydrogens (tertiary/aromatic N) is 1. The summed E-state index contributed by atoms with van der Waals surface area (Å²) in [5, 5.41) is 13.8. The van der Waals surface area contributed by atoms with Crippen molar-refractivity contribution in [2.24, 2.45) is 0 Å². The van der Waals surface area contributed by atoms with Crippen LogP contribution in [-0.4, -0.2) is 15.6 Å². The van der Waals surface area contributed by atoms with E-state index in [4.69, 9.17) is 38.5 Å². The van der Waals surface area contributed by atoms with E-state index < -0.39 is 5.09 Å². The highest BCUT2D eigenvalue weighted by molar-refractivity contribution is 6.40. The third-order valence-corrected chi connectivity index (χ3v) is 0. The van der Waals surface area contributed by atoms with Crippen LogP contribution in [0.2, 0.25) is 0 Å². The minimum atomic E-state index is -1.50. The topological polar surface area (TPSA) is 63.4 Å². The van der Waals surface area contributed by atoms with Gasteiger partial charge in [0.05, 0.1) is 5.34 Å². The molecule has 0 aliphatic rings. The Morgan fingerprint density at radius 2 is 1.71 bits per heavy atom. The second kappa shape index (κ2) is 9.24. The smallest absolute Gasteiger partial charge is 0.291 e. The molecule has 0 unspecified atom stereocenters. The maximum absolute atomic E-state index is 8.36. The average molecular weight is 148 g/mol. The van der Waals surface area contributed by atoms with Gasteiger partial charge in [-0.3, -0.25) is 0 Å². The van der Waals surface area contributed by atoms with Crippen LogP contribution in [0.1, 0.15) is 0 Å². The zero-order valence-electron chi connectivity index (χ0n) is 3.17. The van der Waals surface area contributed by atoms with Gasteiger partial charge in [0.2, 0.25) is 0 Å². The molecule has 0 aliphatic carbocycles. The lowest BCUT2D eigenvalue weighted by molar-refractivity contribution is -0.742. The van der Waals surface area contributed by atoms with E-state index in [1.807, 2.05) is 0 Å². The molecule has 0 aromatic rings. The normalized spacial score (nSPS) is 6.00. The summed E-state index contributed by atoms with van der Waals surface area (Å²) in [6.07, 6.45) is 0. The third-order valence-electron chi connectivity index (χ3n) is 0. The molecular weight excluding hydrogens is 145 g/mol. The highest BCUT2D eigenvalue weighted by atomic mass is 35.5. The van der Waals surface area contributed by atoms with Crippen LogP contribution in [-0.2, 0) is 0 Å². The first-order valence-electron chi connectivity index (χ1n) is 1.10. The van der Waals surface area contributed by atoms with E-state index in [0.717, 1.165) is 0 Å².